The Kier molecular flexibility index (Phi) is 6.48. The Bertz CT molecular complexity index is 334. The third-order valence-electron chi connectivity index (χ3n) is 4.57. The van der Waals surface area contributed by atoms with E-state index >= 15 is 0 Å². The lowest BCUT2D eigenvalue weighted by atomic mass is 9.71. The molecule has 0 radical (unpaired) electrons. The maximum absolute atomic E-state index is 9.09. The summed E-state index contributed by atoms with van der Waals surface area (Å²) in [6.07, 6.45) is 7.10. The summed E-state index contributed by atoms with van der Waals surface area (Å²) in [5, 5.41) is 12.2. The molecule has 0 aromatic heterocycles. The lowest BCUT2D eigenvalue weighted by Gasteiger charge is -2.38. The smallest absolute Gasteiger partial charge is 0.103 e. The van der Waals surface area contributed by atoms with Crippen LogP contribution in [0.25, 0.3) is 0 Å². The Morgan fingerprint density at radius 3 is 2.60 bits per heavy atom. The molecular formula is C17H32N2O. The first-order valence-electron chi connectivity index (χ1n) is 8.02. The Balaban J connectivity index is 2.20. The van der Waals surface area contributed by atoms with Crippen LogP contribution >= 0.6 is 0 Å². The van der Waals surface area contributed by atoms with Gasteiger partial charge >= 0.3 is 0 Å². The van der Waals surface area contributed by atoms with Crippen LogP contribution in [-0.2, 0) is 4.74 Å². The topological polar surface area (TPSA) is 45.0 Å². The lowest BCUT2D eigenvalue weighted by Crippen LogP contribution is -2.37. The minimum absolute atomic E-state index is 0.388. The molecule has 116 valence electrons. The fourth-order valence-corrected chi connectivity index (χ4v) is 3.45. The summed E-state index contributed by atoms with van der Waals surface area (Å²) in [4.78, 5) is 0. The van der Waals surface area contributed by atoms with E-state index in [4.69, 9.17) is 10.00 Å². The van der Waals surface area contributed by atoms with E-state index in [1.165, 1.54) is 19.3 Å². The Labute approximate surface area is 125 Å². The number of unbranched alkanes of at least 4 members (excludes halogenated alkanes) is 1. The van der Waals surface area contributed by atoms with Crippen molar-refractivity contribution in [2.45, 2.75) is 77.9 Å². The Morgan fingerprint density at radius 1 is 1.35 bits per heavy atom. The van der Waals surface area contributed by atoms with Crippen LogP contribution in [0.4, 0.5) is 0 Å². The number of nitrogens with one attached hydrogen (secondary N) is 1. The number of nitrogens with zero attached hydrogens (tertiary/aromatic N) is 1. The summed E-state index contributed by atoms with van der Waals surface area (Å²) in [7, 11) is 1.85. The highest BCUT2D eigenvalue weighted by molar-refractivity contribution is 5.02. The van der Waals surface area contributed by atoms with Gasteiger partial charge in [-0.15, -0.1) is 0 Å². The number of hydrogen-bond acceptors (Lipinski definition) is 3. The van der Waals surface area contributed by atoms with Crippen molar-refractivity contribution in [3.8, 4) is 6.07 Å². The molecule has 3 unspecified atom stereocenters. The number of hydrogen-bond donors (Lipinski definition) is 1. The highest BCUT2D eigenvalue weighted by atomic mass is 16.5. The van der Waals surface area contributed by atoms with E-state index in [0.717, 1.165) is 31.8 Å². The van der Waals surface area contributed by atoms with Crippen LogP contribution in [0.3, 0.4) is 0 Å². The van der Waals surface area contributed by atoms with Gasteiger partial charge in [0.2, 0.25) is 0 Å². The van der Waals surface area contributed by atoms with Gasteiger partial charge in [-0.2, -0.15) is 5.26 Å². The molecule has 0 bridgehead atoms. The van der Waals surface area contributed by atoms with Crippen molar-refractivity contribution in [1.29, 1.82) is 5.26 Å². The van der Waals surface area contributed by atoms with Gasteiger partial charge in [0.25, 0.3) is 0 Å². The quantitative estimate of drug-likeness (QED) is 0.720. The molecule has 20 heavy (non-hydrogen) atoms. The number of nitriles is 1. The van der Waals surface area contributed by atoms with Gasteiger partial charge in [-0.1, -0.05) is 20.8 Å². The van der Waals surface area contributed by atoms with E-state index in [0.29, 0.717) is 11.5 Å². The van der Waals surface area contributed by atoms with Crippen LogP contribution in [0.5, 0.6) is 0 Å². The zero-order valence-corrected chi connectivity index (χ0v) is 14.0. The molecule has 0 aromatic rings. The third-order valence-corrected chi connectivity index (χ3v) is 4.57. The van der Waals surface area contributed by atoms with Crippen LogP contribution in [0, 0.1) is 22.7 Å². The molecule has 0 aliphatic heterocycles. The molecule has 1 rings (SSSR count). The molecule has 0 spiro atoms. The van der Waals surface area contributed by atoms with E-state index in [-0.39, 0.29) is 5.54 Å². The monoisotopic (exact) mass is 280 g/mol. The van der Waals surface area contributed by atoms with Crippen LogP contribution in [-0.4, -0.2) is 25.3 Å². The lowest BCUT2D eigenvalue weighted by molar-refractivity contribution is -0.0242. The third kappa shape index (κ3) is 5.81. The van der Waals surface area contributed by atoms with Gasteiger partial charge in [0.15, 0.2) is 0 Å². The molecule has 0 amide bonds. The molecule has 3 heteroatoms. The van der Waals surface area contributed by atoms with Crippen molar-refractivity contribution in [3.05, 3.63) is 0 Å². The maximum atomic E-state index is 9.09. The summed E-state index contributed by atoms with van der Waals surface area (Å²) in [5.41, 5.74) is 0.0369. The molecule has 0 saturated heterocycles. The van der Waals surface area contributed by atoms with Gasteiger partial charge in [0.05, 0.1) is 12.2 Å². The number of rotatable bonds is 7. The Hall–Kier alpha value is -0.590. The SMILES string of the molecule is CNC(C)(C#N)CCCCOC1CC(C)CC(C)(C)C1. The van der Waals surface area contributed by atoms with Crippen LogP contribution < -0.4 is 5.32 Å². The highest BCUT2D eigenvalue weighted by Crippen LogP contribution is 2.39. The second-order valence-electron chi connectivity index (χ2n) is 7.56. The molecular weight excluding hydrogens is 248 g/mol. The van der Waals surface area contributed by atoms with E-state index in [2.05, 4.69) is 32.2 Å². The predicted octanol–water partition coefficient (Wildman–Crippen LogP) is 3.89. The highest BCUT2D eigenvalue weighted by Gasteiger charge is 2.32. The van der Waals surface area contributed by atoms with Crippen molar-refractivity contribution in [2.24, 2.45) is 11.3 Å². The second-order valence-corrected chi connectivity index (χ2v) is 7.56. The van der Waals surface area contributed by atoms with Crippen molar-refractivity contribution >= 4 is 0 Å². The molecule has 3 atom stereocenters. The van der Waals surface area contributed by atoms with E-state index < -0.39 is 0 Å². The fourth-order valence-electron chi connectivity index (χ4n) is 3.45. The van der Waals surface area contributed by atoms with Gasteiger partial charge in [-0.05, 0) is 63.8 Å². The summed E-state index contributed by atoms with van der Waals surface area (Å²) in [5.74, 6) is 0.773. The molecule has 1 aliphatic carbocycles. The predicted molar refractivity (Wildman–Crippen MR) is 83.5 cm³/mol. The van der Waals surface area contributed by atoms with Gasteiger partial charge < -0.3 is 10.1 Å². The first-order valence-corrected chi connectivity index (χ1v) is 8.02. The normalized spacial score (nSPS) is 28.6. The van der Waals surface area contributed by atoms with Gasteiger partial charge in [-0.3, -0.25) is 0 Å². The van der Waals surface area contributed by atoms with Gasteiger partial charge in [0, 0.05) is 6.61 Å². The molecule has 1 fully saturated rings. The molecule has 3 nitrogen and oxygen atoms in total. The summed E-state index contributed by atoms with van der Waals surface area (Å²) in [6.45, 7) is 9.83. The summed E-state index contributed by atoms with van der Waals surface area (Å²) < 4.78 is 6.07. The first-order chi connectivity index (χ1) is 9.30. The van der Waals surface area contributed by atoms with E-state index in [1.54, 1.807) is 0 Å². The number of ether oxygens (including phenoxy) is 1. The minimum Gasteiger partial charge on any atom is -0.378 e. The van der Waals surface area contributed by atoms with Gasteiger partial charge in [-0.25, -0.2) is 0 Å². The van der Waals surface area contributed by atoms with Crippen molar-refractivity contribution in [2.75, 3.05) is 13.7 Å². The molecule has 1 N–H and O–H groups in total. The largest absolute Gasteiger partial charge is 0.378 e. The van der Waals surface area contributed by atoms with Gasteiger partial charge in [0.1, 0.15) is 5.54 Å². The van der Waals surface area contributed by atoms with Crippen LogP contribution in [0.2, 0.25) is 0 Å². The van der Waals surface area contributed by atoms with Crippen molar-refractivity contribution in [1.82, 2.24) is 5.32 Å². The average Bonchev–Trinajstić information content (AvgIpc) is 2.35. The molecule has 0 heterocycles. The molecule has 1 saturated carbocycles. The van der Waals surface area contributed by atoms with Crippen molar-refractivity contribution in [3.63, 3.8) is 0 Å². The second kappa shape index (κ2) is 7.43. The Morgan fingerprint density at radius 2 is 2.05 bits per heavy atom. The summed E-state index contributed by atoms with van der Waals surface area (Å²) in [6, 6.07) is 2.33. The molecule has 0 aromatic carbocycles. The average molecular weight is 280 g/mol. The fraction of sp³-hybridized carbons (Fsp3) is 0.941. The van der Waals surface area contributed by atoms with E-state index in [9.17, 15) is 0 Å². The summed E-state index contributed by atoms with van der Waals surface area (Å²) >= 11 is 0. The standard InChI is InChI=1S/C17H32N2O/c1-14-10-15(12-16(2,3)11-14)20-9-7-6-8-17(4,13-18)19-5/h14-15,19H,6-12H2,1-5H3. The first kappa shape index (κ1) is 17.5. The zero-order valence-electron chi connectivity index (χ0n) is 14.0. The van der Waals surface area contributed by atoms with E-state index in [1.807, 2.05) is 14.0 Å². The van der Waals surface area contributed by atoms with Crippen molar-refractivity contribution < 1.29 is 4.74 Å². The zero-order chi connectivity index (χ0) is 15.2. The minimum atomic E-state index is -0.388. The van der Waals surface area contributed by atoms with Crippen LogP contribution in [0.1, 0.15) is 66.2 Å². The maximum Gasteiger partial charge on any atom is 0.103 e. The molecule has 1 aliphatic rings. The van der Waals surface area contributed by atoms with Crippen LogP contribution in [0.15, 0.2) is 0 Å².